The number of nitrogens with zero attached hydrogens (tertiary/aromatic N) is 1. The van der Waals surface area contributed by atoms with Gasteiger partial charge < -0.3 is 10.2 Å². The van der Waals surface area contributed by atoms with Crippen LogP contribution in [0.5, 0.6) is 0 Å². The molecule has 1 aromatic carbocycles. The molecule has 0 aromatic heterocycles. The Morgan fingerprint density at radius 3 is 2.55 bits per heavy atom. The summed E-state index contributed by atoms with van der Waals surface area (Å²) in [4.78, 5) is 2.52. The van der Waals surface area contributed by atoms with Crippen molar-refractivity contribution in [1.82, 2.24) is 5.32 Å². The maximum atomic E-state index is 3.54. The molecule has 20 heavy (non-hydrogen) atoms. The third kappa shape index (κ3) is 5.16. The normalized spacial score (nSPS) is 12.4. The summed E-state index contributed by atoms with van der Waals surface area (Å²) >= 11 is 0. The van der Waals surface area contributed by atoms with Gasteiger partial charge in [-0.1, -0.05) is 44.9 Å². The maximum Gasteiger partial charge on any atom is 0.0412 e. The van der Waals surface area contributed by atoms with E-state index >= 15 is 0 Å². The van der Waals surface area contributed by atoms with Gasteiger partial charge in [0.2, 0.25) is 0 Å². The number of rotatable bonds is 9. The van der Waals surface area contributed by atoms with Gasteiger partial charge in [0, 0.05) is 25.3 Å². The second kappa shape index (κ2) is 9.02. The van der Waals surface area contributed by atoms with Crippen LogP contribution in [0.3, 0.4) is 0 Å². The summed E-state index contributed by atoms with van der Waals surface area (Å²) in [6.07, 6.45) is 2.43. The van der Waals surface area contributed by atoms with E-state index in [1.165, 1.54) is 29.7 Å². The van der Waals surface area contributed by atoms with E-state index in [-0.39, 0.29) is 0 Å². The fourth-order valence-electron chi connectivity index (χ4n) is 2.47. The molecule has 114 valence electrons. The number of nitrogens with one attached hydrogen (secondary N) is 1. The van der Waals surface area contributed by atoms with Crippen molar-refractivity contribution in [3.8, 4) is 0 Å². The van der Waals surface area contributed by atoms with Gasteiger partial charge in [0.05, 0.1) is 0 Å². The van der Waals surface area contributed by atoms with Gasteiger partial charge in [0.15, 0.2) is 0 Å². The number of hydrogen-bond acceptors (Lipinski definition) is 2. The molecule has 2 heteroatoms. The van der Waals surface area contributed by atoms with Gasteiger partial charge in [-0.05, 0) is 44.4 Å². The van der Waals surface area contributed by atoms with Crippen LogP contribution in [0, 0.1) is 12.8 Å². The minimum atomic E-state index is 0.743. The molecule has 0 aliphatic heterocycles. The minimum Gasteiger partial charge on any atom is -0.371 e. The van der Waals surface area contributed by atoms with Crippen LogP contribution in [0.25, 0.3) is 0 Å². The lowest BCUT2D eigenvalue weighted by molar-refractivity contribution is 0.546. The van der Waals surface area contributed by atoms with Gasteiger partial charge >= 0.3 is 0 Å². The Balaban J connectivity index is 2.89. The van der Waals surface area contributed by atoms with Crippen LogP contribution in [0.2, 0.25) is 0 Å². The molecule has 0 amide bonds. The first-order chi connectivity index (χ1) is 9.62. The third-order valence-corrected chi connectivity index (χ3v) is 3.93. The highest BCUT2D eigenvalue weighted by molar-refractivity contribution is 5.55. The molecule has 2 nitrogen and oxygen atoms in total. The number of hydrogen-bond donors (Lipinski definition) is 1. The highest BCUT2D eigenvalue weighted by atomic mass is 15.1. The van der Waals surface area contributed by atoms with E-state index in [0.717, 1.165) is 32.1 Å². The van der Waals surface area contributed by atoms with Crippen molar-refractivity contribution in [3.05, 3.63) is 29.3 Å². The van der Waals surface area contributed by atoms with Crippen LogP contribution < -0.4 is 10.2 Å². The van der Waals surface area contributed by atoms with Crippen molar-refractivity contribution in [2.45, 2.75) is 54.0 Å². The lowest BCUT2D eigenvalue weighted by Gasteiger charge is -2.29. The van der Waals surface area contributed by atoms with Crippen LogP contribution in [-0.2, 0) is 6.54 Å². The summed E-state index contributed by atoms with van der Waals surface area (Å²) in [6, 6.07) is 6.86. The quantitative estimate of drug-likeness (QED) is 0.674. The summed E-state index contributed by atoms with van der Waals surface area (Å²) in [7, 11) is 0. The summed E-state index contributed by atoms with van der Waals surface area (Å²) in [5.74, 6) is 0.743. The average molecular weight is 276 g/mol. The Hall–Kier alpha value is -1.02. The molecular weight excluding hydrogens is 244 g/mol. The van der Waals surface area contributed by atoms with Crippen LogP contribution in [0.15, 0.2) is 18.2 Å². The van der Waals surface area contributed by atoms with Crippen molar-refractivity contribution >= 4 is 5.69 Å². The maximum absolute atomic E-state index is 3.54. The van der Waals surface area contributed by atoms with Crippen LogP contribution >= 0.6 is 0 Å². The molecule has 1 aromatic rings. The van der Waals surface area contributed by atoms with Crippen LogP contribution in [-0.4, -0.2) is 19.6 Å². The zero-order valence-corrected chi connectivity index (χ0v) is 14.0. The summed E-state index contributed by atoms with van der Waals surface area (Å²) in [6.45, 7) is 15.6. The average Bonchev–Trinajstić information content (AvgIpc) is 2.45. The van der Waals surface area contributed by atoms with E-state index in [9.17, 15) is 0 Å². The van der Waals surface area contributed by atoms with E-state index in [0.29, 0.717) is 0 Å². The third-order valence-electron chi connectivity index (χ3n) is 3.93. The monoisotopic (exact) mass is 276 g/mol. The Morgan fingerprint density at radius 2 is 1.95 bits per heavy atom. The lowest BCUT2D eigenvalue weighted by Crippen LogP contribution is -2.29. The van der Waals surface area contributed by atoms with Gasteiger partial charge in [-0.25, -0.2) is 0 Å². The van der Waals surface area contributed by atoms with Gasteiger partial charge in [0.25, 0.3) is 0 Å². The highest BCUT2D eigenvalue weighted by Crippen LogP contribution is 2.23. The standard InChI is InChI=1S/C18H32N2/c1-6-11-19-13-17-12-16(5)9-10-18(17)20(8-3)14-15(4)7-2/h9-10,12,15,19H,6-8,11,13-14H2,1-5H3. The second-order valence-corrected chi connectivity index (χ2v) is 5.86. The topological polar surface area (TPSA) is 15.3 Å². The molecule has 0 fully saturated rings. The molecule has 0 saturated carbocycles. The second-order valence-electron chi connectivity index (χ2n) is 5.86. The molecule has 1 rings (SSSR count). The van der Waals surface area contributed by atoms with Crippen LogP contribution in [0.4, 0.5) is 5.69 Å². The fraction of sp³-hybridized carbons (Fsp3) is 0.667. The van der Waals surface area contributed by atoms with Crippen molar-refractivity contribution in [2.75, 3.05) is 24.5 Å². The van der Waals surface area contributed by atoms with Crippen molar-refractivity contribution in [2.24, 2.45) is 5.92 Å². The Bertz CT molecular complexity index is 387. The highest BCUT2D eigenvalue weighted by Gasteiger charge is 2.12. The summed E-state index contributed by atoms with van der Waals surface area (Å²) in [5, 5.41) is 3.54. The molecule has 1 atom stereocenters. The summed E-state index contributed by atoms with van der Waals surface area (Å²) < 4.78 is 0. The zero-order chi connectivity index (χ0) is 15.0. The van der Waals surface area contributed by atoms with Gasteiger partial charge in [0.1, 0.15) is 0 Å². The first-order valence-electron chi connectivity index (χ1n) is 8.17. The van der Waals surface area contributed by atoms with E-state index in [2.05, 4.69) is 63.0 Å². The first kappa shape index (κ1) is 17.0. The zero-order valence-electron chi connectivity index (χ0n) is 14.0. The van der Waals surface area contributed by atoms with Crippen molar-refractivity contribution in [3.63, 3.8) is 0 Å². The Labute approximate surface area is 125 Å². The first-order valence-corrected chi connectivity index (χ1v) is 8.17. The largest absolute Gasteiger partial charge is 0.371 e. The number of benzene rings is 1. The fourth-order valence-corrected chi connectivity index (χ4v) is 2.47. The Kier molecular flexibility index (Phi) is 7.68. The molecule has 0 aliphatic carbocycles. The predicted molar refractivity (Wildman–Crippen MR) is 90.5 cm³/mol. The van der Waals surface area contributed by atoms with E-state index < -0.39 is 0 Å². The molecule has 0 radical (unpaired) electrons. The van der Waals surface area contributed by atoms with Crippen molar-refractivity contribution < 1.29 is 0 Å². The predicted octanol–water partition coefficient (Wildman–Crippen LogP) is 4.37. The van der Waals surface area contributed by atoms with E-state index in [1.807, 2.05) is 0 Å². The minimum absolute atomic E-state index is 0.743. The van der Waals surface area contributed by atoms with E-state index in [1.54, 1.807) is 0 Å². The number of aryl methyl sites for hydroxylation is 1. The smallest absolute Gasteiger partial charge is 0.0412 e. The summed E-state index contributed by atoms with van der Waals surface area (Å²) in [5.41, 5.74) is 4.19. The van der Waals surface area contributed by atoms with E-state index in [4.69, 9.17) is 0 Å². The molecule has 0 aliphatic rings. The molecule has 0 bridgehead atoms. The molecular formula is C18H32N2. The Morgan fingerprint density at radius 1 is 1.20 bits per heavy atom. The molecule has 0 saturated heterocycles. The van der Waals surface area contributed by atoms with Gasteiger partial charge in [-0.3, -0.25) is 0 Å². The SMILES string of the molecule is CCCNCc1cc(C)ccc1N(CC)CC(C)CC. The van der Waals surface area contributed by atoms with Gasteiger partial charge in [-0.2, -0.15) is 0 Å². The van der Waals surface area contributed by atoms with Gasteiger partial charge in [-0.15, -0.1) is 0 Å². The van der Waals surface area contributed by atoms with Crippen LogP contribution in [0.1, 0.15) is 51.7 Å². The van der Waals surface area contributed by atoms with Crippen molar-refractivity contribution in [1.29, 1.82) is 0 Å². The molecule has 1 unspecified atom stereocenters. The lowest BCUT2D eigenvalue weighted by atomic mass is 10.0. The number of anilines is 1. The molecule has 1 N–H and O–H groups in total. The molecule has 0 spiro atoms. The molecule has 0 heterocycles.